The van der Waals surface area contributed by atoms with Gasteiger partial charge < -0.3 is 5.32 Å². The first-order valence-electron chi connectivity index (χ1n) is 7.76. The molecule has 104 valence electrons. The maximum Gasteiger partial charge on any atom is 0.126 e. The molecular weight excluding hydrogens is 237 g/mol. The molecule has 3 unspecified atom stereocenters. The molecule has 19 heavy (non-hydrogen) atoms. The Labute approximate surface area is 115 Å². The third-order valence-electron chi connectivity index (χ3n) is 5.13. The largest absolute Gasteiger partial charge is 0.310 e. The van der Waals surface area contributed by atoms with Crippen LogP contribution in [-0.4, -0.2) is 6.54 Å². The van der Waals surface area contributed by atoms with Gasteiger partial charge in [-0.05, 0) is 54.8 Å². The van der Waals surface area contributed by atoms with Crippen LogP contribution in [0.1, 0.15) is 56.2 Å². The summed E-state index contributed by atoms with van der Waals surface area (Å²) in [4.78, 5) is 0. The molecule has 0 bridgehead atoms. The number of rotatable bonds is 3. The lowest BCUT2D eigenvalue weighted by atomic mass is 9.80. The van der Waals surface area contributed by atoms with Crippen molar-refractivity contribution in [1.29, 1.82) is 0 Å². The van der Waals surface area contributed by atoms with E-state index in [1.807, 2.05) is 6.07 Å². The Morgan fingerprint density at radius 1 is 1.21 bits per heavy atom. The minimum absolute atomic E-state index is 0.0205. The van der Waals surface area contributed by atoms with Crippen molar-refractivity contribution in [3.8, 4) is 0 Å². The van der Waals surface area contributed by atoms with Gasteiger partial charge in [-0.2, -0.15) is 0 Å². The van der Waals surface area contributed by atoms with Gasteiger partial charge in [-0.15, -0.1) is 0 Å². The minimum atomic E-state index is -0.0205. The summed E-state index contributed by atoms with van der Waals surface area (Å²) >= 11 is 0. The highest BCUT2D eigenvalue weighted by Gasteiger charge is 2.27. The second kappa shape index (κ2) is 5.62. The predicted octanol–water partition coefficient (Wildman–Crippen LogP) is 4.23. The molecule has 1 fully saturated rings. The van der Waals surface area contributed by atoms with Gasteiger partial charge in [-0.1, -0.05) is 38.3 Å². The number of nitrogens with one attached hydrogen (secondary N) is 1. The van der Waals surface area contributed by atoms with Gasteiger partial charge in [-0.3, -0.25) is 0 Å². The normalized spacial score (nSPS) is 30.3. The van der Waals surface area contributed by atoms with E-state index < -0.39 is 0 Å². The van der Waals surface area contributed by atoms with Crippen LogP contribution < -0.4 is 5.32 Å². The van der Waals surface area contributed by atoms with Gasteiger partial charge in [0.1, 0.15) is 5.82 Å². The van der Waals surface area contributed by atoms with Gasteiger partial charge >= 0.3 is 0 Å². The highest BCUT2D eigenvalue weighted by molar-refractivity contribution is 5.35. The molecular formula is C17H24FN. The summed E-state index contributed by atoms with van der Waals surface area (Å²) in [5.41, 5.74) is 2.14. The zero-order chi connectivity index (χ0) is 13.2. The Hall–Kier alpha value is -0.890. The summed E-state index contributed by atoms with van der Waals surface area (Å²) in [5.74, 6) is 1.63. The van der Waals surface area contributed by atoms with Crippen molar-refractivity contribution in [2.24, 2.45) is 11.8 Å². The van der Waals surface area contributed by atoms with Crippen molar-refractivity contribution < 1.29 is 4.39 Å². The van der Waals surface area contributed by atoms with E-state index in [-0.39, 0.29) is 5.82 Å². The molecule has 1 aromatic carbocycles. The topological polar surface area (TPSA) is 12.0 Å². The Morgan fingerprint density at radius 2 is 2.05 bits per heavy atom. The van der Waals surface area contributed by atoms with Crippen LogP contribution in [0.25, 0.3) is 0 Å². The number of fused-ring (bicyclic) bond motifs is 1. The van der Waals surface area contributed by atoms with E-state index in [0.29, 0.717) is 6.04 Å². The summed E-state index contributed by atoms with van der Waals surface area (Å²) in [5, 5.41) is 3.70. The molecule has 0 spiro atoms. The van der Waals surface area contributed by atoms with E-state index in [1.54, 1.807) is 6.07 Å². The first kappa shape index (κ1) is 13.1. The van der Waals surface area contributed by atoms with Crippen molar-refractivity contribution in [2.75, 3.05) is 6.54 Å². The van der Waals surface area contributed by atoms with Crippen LogP contribution in [0.15, 0.2) is 18.2 Å². The van der Waals surface area contributed by atoms with E-state index in [4.69, 9.17) is 0 Å². The minimum Gasteiger partial charge on any atom is -0.310 e. The van der Waals surface area contributed by atoms with E-state index in [1.165, 1.54) is 31.2 Å². The van der Waals surface area contributed by atoms with Gasteiger partial charge in [-0.25, -0.2) is 4.39 Å². The fraction of sp³-hybridized carbons (Fsp3) is 0.647. The zero-order valence-electron chi connectivity index (χ0n) is 11.8. The second-order valence-electron chi connectivity index (χ2n) is 6.33. The molecule has 1 aromatic rings. The smallest absolute Gasteiger partial charge is 0.126 e. The van der Waals surface area contributed by atoms with Crippen LogP contribution in [0.2, 0.25) is 0 Å². The molecule has 1 N–H and O–H groups in total. The van der Waals surface area contributed by atoms with E-state index in [2.05, 4.69) is 18.3 Å². The molecule has 0 saturated heterocycles. The fourth-order valence-electron chi connectivity index (χ4n) is 3.81. The number of halogens is 1. The summed E-state index contributed by atoms with van der Waals surface area (Å²) in [6.07, 6.45) is 7.46. The molecule has 0 radical (unpaired) electrons. The molecule has 2 heteroatoms. The third-order valence-corrected chi connectivity index (χ3v) is 5.13. The van der Waals surface area contributed by atoms with Gasteiger partial charge in [0.05, 0.1) is 0 Å². The van der Waals surface area contributed by atoms with E-state index >= 15 is 0 Å². The summed E-state index contributed by atoms with van der Waals surface area (Å²) in [6.45, 7) is 3.48. The van der Waals surface area contributed by atoms with Crippen molar-refractivity contribution in [2.45, 2.75) is 51.5 Å². The van der Waals surface area contributed by atoms with Crippen LogP contribution in [0, 0.1) is 17.7 Å². The molecule has 2 aliphatic carbocycles. The highest BCUT2D eigenvalue weighted by Crippen LogP contribution is 2.34. The molecule has 0 aliphatic heterocycles. The van der Waals surface area contributed by atoms with Crippen molar-refractivity contribution in [1.82, 2.24) is 5.32 Å². The van der Waals surface area contributed by atoms with Crippen LogP contribution in [-0.2, 0) is 6.42 Å². The van der Waals surface area contributed by atoms with Crippen LogP contribution in [0.4, 0.5) is 4.39 Å². The maximum absolute atomic E-state index is 13.7. The van der Waals surface area contributed by atoms with Crippen molar-refractivity contribution >= 4 is 0 Å². The average molecular weight is 261 g/mol. The van der Waals surface area contributed by atoms with Crippen LogP contribution in [0.5, 0.6) is 0 Å². The lowest BCUT2D eigenvalue weighted by Gasteiger charge is -2.30. The molecule has 1 saturated carbocycles. The van der Waals surface area contributed by atoms with Crippen LogP contribution >= 0.6 is 0 Å². The first-order valence-corrected chi connectivity index (χ1v) is 7.76. The van der Waals surface area contributed by atoms with Crippen LogP contribution in [0.3, 0.4) is 0 Å². The number of hydrogen-bond donors (Lipinski definition) is 1. The second-order valence-corrected chi connectivity index (χ2v) is 6.33. The molecule has 1 nitrogen and oxygen atoms in total. The molecule has 2 aliphatic rings. The Morgan fingerprint density at radius 3 is 2.89 bits per heavy atom. The molecule has 0 amide bonds. The maximum atomic E-state index is 13.7. The predicted molar refractivity (Wildman–Crippen MR) is 76.6 cm³/mol. The summed E-state index contributed by atoms with van der Waals surface area (Å²) < 4.78 is 13.7. The van der Waals surface area contributed by atoms with Gasteiger partial charge in [0, 0.05) is 6.04 Å². The van der Waals surface area contributed by atoms with Gasteiger partial charge in [0.15, 0.2) is 0 Å². The Balaban J connectivity index is 1.62. The number of hydrogen-bond acceptors (Lipinski definition) is 1. The monoisotopic (exact) mass is 261 g/mol. The van der Waals surface area contributed by atoms with Gasteiger partial charge in [0.25, 0.3) is 0 Å². The standard InChI is InChI=1S/C17H24FN/c1-12-5-2-3-6-13(12)11-19-17-10-9-14-15(17)7-4-8-16(14)18/h4,7-8,12-13,17,19H,2-3,5-6,9-11H2,1H3. The first-order chi connectivity index (χ1) is 9.25. The number of benzene rings is 1. The summed E-state index contributed by atoms with van der Waals surface area (Å²) in [7, 11) is 0. The SMILES string of the molecule is CC1CCCCC1CNC1CCc2c(F)cccc21. The molecule has 3 rings (SSSR count). The van der Waals surface area contributed by atoms with Gasteiger partial charge in [0.2, 0.25) is 0 Å². The van der Waals surface area contributed by atoms with E-state index in [9.17, 15) is 4.39 Å². The summed E-state index contributed by atoms with van der Waals surface area (Å²) in [6, 6.07) is 5.90. The lowest BCUT2D eigenvalue weighted by molar-refractivity contribution is 0.240. The zero-order valence-corrected chi connectivity index (χ0v) is 11.8. The Kier molecular flexibility index (Phi) is 3.88. The average Bonchev–Trinajstić information content (AvgIpc) is 2.83. The molecule has 0 aromatic heterocycles. The lowest BCUT2D eigenvalue weighted by Crippen LogP contribution is -2.31. The third kappa shape index (κ3) is 2.69. The molecule has 3 atom stereocenters. The highest BCUT2D eigenvalue weighted by atomic mass is 19.1. The van der Waals surface area contributed by atoms with Crippen molar-refractivity contribution in [3.63, 3.8) is 0 Å². The fourth-order valence-corrected chi connectivity index (χ4v) is 3.81. The van der Waals surface area contributed by atoms with Crippen molar-refractivity contribution in [3.05, 3.63) is 35.1 Å². The molecule has 0 heterocycles. The Bertz CT molecular complexity index is 443. The van der Waals surface area contributed by atoms with E-state index in [0.717, 1.165) is 36.8 Å². The quantitative estimate of drug-likeness (QED) is 0.858.